The van der Waals surface area contributed by atoms with E-state index in [0.717, 1.165) is 57.3 Å². The van der Waals surface area contributed by atoms with Crippen LogP contribution in [0.3, 0.4) is 0 Å². The third-order valence-electron chi connectivity index (χ3n) is 5.76. The lowest BCUT2D eigenvalue weighted by atomic mass is 10.1. The maximum Gasteiger partial charge on any atom is 0.259 e. The Morgan fingerprint density at radius 3 is 2.79 bits per heavy atom. The molecule has 1 saturated heterocycles. The molecule has 1 fully saturated rings. The molecule has 0 atom stereocenters. The fraction of sp³-hybridized carbons (Fsp3) is 0.450. The molecule has 0 bridgehead atoms. The average molecular weight is 398 g/mol. The number of piperazine rings is 1. The van der Waals surface area contributed by atoms with Gasteiger partial charge in [-0.3, -0.25) is 9.69 Å². The SMILES string of the molecule is Cc1noc2c1C(=O)N(CCN1CCN(c3nsc4ccccc34)CC1)CC2. The van der Waals surface area contributed by atoms with Crippen LogP contribution in [0.2, 0.25) is 0 Å². The molecule has 8 heteroatoms. The molecule has 2 aliphatic heterocycles. The van der Waals surface area contributed by atoms with Crippen LogP contribution in [0, 0.1) is 6.92 Å². The van der Waals surface area contributed by atoms with Crippen LogP contribution in [0.15, 0.2) is 28.8 Å². The Morgan fingerprint density at radius 2 is 1.93 bits per heavy atom. The lowest BCUT2D eigenvalue weighted by Crippen LogP contribution is -2.49. The maximum absolute atomic E-state index is 12.7. The molecule has 0 saturated carbocycles. The first kappa shape index (κ1) is 17.6. The standard InChI is InChI=1S/C20H23N5O2S/c1-14-18-16(27-21-14)6-7-25(20(18)26)13-10-23-8-11-24(12-9-23)19-15-4-2-3-5-17(15)28-22-19/h2-5H,6-13H2,1H3. The average Bonchev–Trinajstić information content (AvgIpc) is 3.32. The zero-order valence-corrected chi connectivity index (χ0v) is 16.7. The summed E-state index contributed by atoms with van der Waals surface area (Å²) in [6.45, 7) is 8.12. The summed E-state index contributed by atoms with van der Waals surface area (Å²) in [5.74, 6) is 1.91. The van der Waals surface area contributed by atoms with Crippen LogP contribution in [0.1, 0.15) is 21.8 Å². The van der Waals surface area contributed by atoms with Crippen molar-refractivity contribution >= 4 is 33.3 Å². The number of hydrogen-bond acceptors (Lipinski definition) is 7. The van der Waals surface area contributed by atoms with E-state index >= 15 is 0 Å². The number of amides is 1. The topological polar surface area (TPSA) is 65.7 Å². The number of carbonyl (C=O) groups excluding carboxylic acids is 1. The van der Waals surface area contributed by atoms with Crippen molar-refractivity contribution in [1.82, 2.24) is 19.3 Å². The Morgan fingerprint density at radius 1 is 1.11 bits per heavy atom. The van der Waals surface area contributed by atoms with E-state index in [0.29, 0.717) is 17.8 Å². The van der Waals surface area contributed by atoms with Gasteiger partial charge in [-0.25, -0.2) is 0 Å². The summed E-state index contributed by atoms with van der Waals surface area (Å²) in [5, 5.41) is 5.19. The summed E-state index contributed by atoms with van der Waals surface area (Å²) in [6, 6.07) is 8.43. The second kappa shape index (κ2) is 7.18. The normalized spacial score (nSPS) is 18.1. The lowest BCUT2D eigenvalue weighted by molar-refractivity contribution is 0.0708. The van der Waals surface area contributed by atoms with Crippen molar-refractivity contribution in [3.05, 3.63) is 41.3 Å². The highest BCUT2D eigenvalue weighted by molar-refractivity contribution is 7.13. The molecule has 0 N–H and O–H groups in total. The number of aromatic nitrogens is 2. The molecule has 0 unspecified atom stereocenters. The van der Waals surface area contributed by atoms with Gasteiger partial charge >= 0.3 is 0 Å². The van der Waals surface area contributed by atoms with Crippen molar-refractivity contribution in [2.45, 2.75) is 13.3 Å². The van der Waals surface area contributed by atoms with Crippen LogP contribution >= 0.6 is 11.5 Å². The lowest BCUT2D eigenvalue weighted by Gasteiger charge is -2.36. The molecule has 0 spiro atoms. The maximum atomic E-state index is 12.7. The highest BCUT2D eigenvalue weighted by Gasteiger charge is 2.30. The van der Waals surface area contributed by atoms with E-state index in [4.69, 9.17) is 4.52 Å². The number of benzene rings is 1. The van der Waals surface area contributed by atoms with Gasteiger partial charge in [0.1, 0.15) is 11.4 Å². The van der Waals surface area contributed by atoms with Crippen LogP contribution in [0.5, 0.6) is 0 Å². The number of anilines is 1. The third-order valence-corrected chi connectivity index (χ3v) is 6.58. The Kier molecular flexibility index (Phi) is 4.52. The number of hydrogen-bond donors (Lipinski definition) is 0. The van der Waals surface area contributed by atoms with Gasteiger partial charge in [0, 0.05) is 57.6 Å². The molecule has 146 valence electrons. The van der Waals surface area contributed by atoms with Crippen molar-refractivity contribution < 1.29 is 9.32 Å². The summed E-state index contributed by atoms with van der Waals surface area (Å²) < 4.78 is 11.2. The van der Waals surface area contributed by atoms with E-state index in [1.54, 1.807) is 11.5 Å². The van der Waals surface area contributed by atoms with Crippen molar-refractivity contribution in [3.8, 4) is 0 Å². The Bertz CT molecular complexity index is 1010. The van der Waals surface area contributed by atoms with Crippen LogP contribution in [0.4, 0.5) is 5.82 Å². The largest absolute Gasteiger partial charge is 0.360 e. The molecule has 7 nitrogen and oxygen atoms in total. The Balaban J connectivity index is 1.17. The summed E-state index contributed by atoms with van der Waals surface area (Å²) >= 11 is 1.57. The molecule has 0 aliphatic carbocycles. The molecule has 3 aromatic rings. The quantitative estimate of drug-likeness (QED) is 0.674. The molecule has 1 aromatic carbocycles. The summed E-state index contributed by atoms with van der Waals surface area (Å²) in [7, 11) is 0. The molecule has 4 heterocycles. The number of rotatable bonds is 4. The van der Waals surface area contributed by atoms with Gasteiger partial charge < -0.3 is 14.3 Å². The van der Waals surface area contributed by atoms with Crippen molar-refractivity contribution in [3.63, 3.8) is 0 Å². The van der Waals surface area contributed by atoms with E-state index in [1.807, 2.05) is 11.8 Å². The van der Waals surface area contributed by atoms with Crippen LogP contribution < -0.4 is 4.90 Å². The van der Waals surface area contributed by atoms with E-state index in [2.05, 4.69) is 43.6 Å². The minimum atomic E-state index is 0.0626. The number of nitrogens with zero attached hydrogens (tertiary/aromatic N) is 5. The molecule has 2 aliphatic rings. The van der Waals surface area contributed by atoms with E-state index in [1.165, 1.54) is 10.1 Å². The van der Waals surface area contributed by atoms with Gasteiger partial charge in [0.25, 0.3) is 5.91 Å². The number of fused-ring (bicyclic) bond motifs is 2. The molecule has 1 amide bonds. The summed E-state index contributed by atoms with van der Waals surface area (Å²) in [5.41, 5.74) is 1.38. The number of aryl methyl sites for hydroxylation is 1. The zero-order valence-electron chi connectivity index (χ0n) is 15.9. The molecular formula is C20H23N5O2S. The number of carbonyl (C=O) groups is 1. The highest BCUT2D eigenvalue weighted by atomic mass is 32.1. The van der Waals surface area contributed by atoms with E-state index in [9.17, 15) is 4.79 Å². The highest BCUT2D eigenvalue weighted by Crippen LogP contribution is 2.29. The first-order chi connectivity index (χ1) is 13.7. The van der Waals surface area contributed by atoms with Gasteiger partial charge in [0.05, 0.1) is 10.4 Å². The first-order valence-electron chi connectivity index (χ1n) is 9.77. The van der Waals surface area contributed by atoms with E-state index in [-0.39, 0.29) is 5.91 Å². The Hall–Kier alpha value is -2.45. The monoisotopic (exact) mass is 397 g/mol. The molecule has 5 rings (SSSR count). The van der Waals surface area contributed by atoms with Gasteiger partial charge in [-0.2, -0.15) is 4.37 Å². The molecule has 28 heavy (non-hydrogen) atoms. The predicted octanol–water partition coefficient (Wildman–Crippen LogP) is 2.41. The first-order valence-corrected chi connectivity index (χ1v) is 10.5. The van der Waals surface area contributed by atoms with Crippen molar-refractivity contribution in [1.29, 1.82) is 0 Å². The van der Waals surface area contributed by atoms with Crippen LogP contribution in [0.25, 0.3) is 10.1 Å². The minimum Gasteiger partial charge on any atom is -0.360 e. The third kappa shape index (κ3) is 3.06. The van der Waals surface area contributed by atoms with Gasteiger partial charge in [-0.15, -0.1) is 0 Å². The van der Waals surface area contributed by atoms with Gasteiger partial charge in [0.2, 0.25) is 0 Å². The molecule has 0 radical (unpaired) electrons. The minimum absolute atomic E-state index is 0.0626. The second-order valence-corrected chi connectivity index (χ2v) is 8.24. The summed E-state index contributed by atoms with van der Waals surface area (Å²) in [6.07, 6.45) is 0.757. The van der Waals surface area contributed by atoms with Crippen molar-refractivity contribution in [2.24, 2.45) is 0 Å². The zero-order chi connectivity index (χ0) is 19.1. The predicted molar refractivity (Wildman–Crippen MR) is 109 cm³/mol. The van der Waals surface area contributed by atoms with Gasteiger partial charge in [0.15, 0.2) is 5.76 Å². The Labute approximate surface area is 167 Å². The fourth-order valence-electron chi connectivity index (χ4n) is 4.12. The van der Waals surface area contributed by atoms with Gasteiger partial charge in [-0.1, -0.05) is 17.3 Å². The van der Waals surface area contributed by atoms with Crippen LogP contribution in [-0.4, -0.2) is 71.1 Å². The van der Waals surface area contributed by atoms with Crippen molar-refractivity contribution in [2.75, 3.05) is 50.7 Å². The summed E-state index contributed by atoms with van der Waals surface area (Å²) in [4.78, 5) is 19.5. The van der Waals surface area contributed by atoms with E-state index < -0.39 is 0 Å². The molecular weight excluding hydrogens is 374 g/mol. The van der Waals surface area contributed by atoms with Gasteiger partial charge in [-0.05, 0) is 30.6 Å². The van der Waals surface area contributed by atoms with Crippen LogP contribution in [-0.2, 0) is 6.42 Å². The fourth-order valence-corrected chi connectivity index (χ4v) is 4.91. The second-order valence-electron chi connectivity index (χ2n) is 7.44. The smallest absolute Gasteiger partial charge is 0.259 e. The molecule has 2 aromatic heterocycles.